The largest absolute Gasteiger partial charge is 0.465 e. The fraction of sp³-hybridized carbons (Fsp3) is 0.355. The Kier molecular flexibility index (Phi) is 8.91. The smallest absolute Gasteiger partial charge is 0.410 e. The van der Waals surface area contributed by atoms with Gasteiger partial charge in [-0.3, -0.25) is 0 Å². The number of hydrogen-bond acceptors (Lipinski definition) is 7. The second kappa shape index (κ2) is 12.2. The van der Waals surface area contributed by atoms with Crippen LogP contribution in [0.4, 0.5) is 10.5 Å². The average molecular weight is 567 g/mol. The number of aliphatic hydroxyl groups excluding tert-OH is 1. The molecule has 0 saturated carbocycles. The maximum absolute atomic E-state index is 13.3. The standard InChI is InChI=1S/C31H35ClN2O6/c1-31(2,3)40-30(37)34(18-28(35)20-6-5-7-23(32)12-20)25-10-8-19-9-11-26(15-21(19)14-25)39-27-16-22(29(36)38-4)13-24(33)17-27/h5-7,9,11-13,15-17,25,28,35H,8,10,14,18,33H2,1-4H3/t25-,28+/m0/s1. The number of carbonyl (C=O) groups is 2. The summed E-state index contributed by atoms with van der Waals surface area (Å²) in [6, 6.07) is 17.3. The van der Waals surface area contributed by atoms with E-state index in [1.54, 1.807) is 41.3 Å². The number of halogens is 1. The number of aryl methyl sites for hydroxylation is 1. The zero-order valence-corrected chi connectivity index (χ0v) is 23.9. The summed E-state index contributed by atoms with van der Waals surface area (Å²) >= 11 is 6.13. The van der Waals surface area contributed by atoms with Gasteiger partial charge in [0.25, 0.3) is 0 Å². The minimum absolute atomic E-state index is 0.0606. The van der Waals surface area contributed by atoms with Crippen LogP contribution in [0.15, 0.2) is 60.7 Å². The third-order valence-electron chi connectivity index (χ3n) is 6.64. The number of nitrogens with two attached hydrogens (primary N) is 1. The third kappa shape index (κ3) is 7.46. The van der Waals surface area contributed by atoms with Gasteiger partial charge in [-0.15, -0.1) is 0 Å². The van der Waals surface area contributed by atoms with Crippen molar-refractivity contribution in [2.45, 2.75) is 57.8 Å². The Morgan fingerprint density at radius 1 is 1.07 bits per heavy atom. The summed E-state index contributed by atoms with van der Waals surface area (Å²) in [6.45, 7) is 5.51. The highest BCUT2D eigenvalue weighted by Crippen LogP contribution is 2.33. The fourth-order valence-electron chi connectivity index (χ4n) is 4.80. The number of hydrogen-bond donors (Lipinski definition) is 2. The molecule has 1 amide bonds. The highest BCUT2D eigenvalue weighted by atomic mass is 35.5. The van der Waals surface area contributed by atoms with Gasteiger partial charge in [-0.1, -0.05) is 29.8 Å². The van der Waals surface area contributed by atoms with E-state index in [2.05, 4.69) is 0 Å². The molecule has 0 aromatic heterocycles. The molecule has 212 valence electrons. The molecule has 0 bridgehead atoms. The van der Waals surface area contributed by atoms with Crippen LogP contribution in [0.2, 0.25) is 5.02 Å². The normalized spacial score (nSPS) is 15.5. The van der Waals surface area contributed by atoms with E-state index in [4.69, 9.17) is 31.5 Å². The molecule has 3 aromatic rings. The number of benzene rings is 3. The van der Waals surface area contributed by atoms with Crippen molar-refractivity contribution in [3.63, 3.8) is 0 Å². The summed E-state index contributed by atoms with van der Waals surface area (Å²) in [5.41, 5.74) is 8.75. The van der Waals surface area contributed by atoms with Crippen molar-refractivity contribution >= 4 is 29.4 Å². The highest BCUT2D eigenvalue weighted by Gasteiger charge is 2.33. The number of rotatable bonds is 7. The van der Waals surface area contributed by atoms with Gasteiger partial charge in [0.1, 0.15) is 17.1 Å². The van der Waals surface area contributed by atoms with Gasteiger partial charge in [-0.05, 0) is 93.1 Å². The Balaban J connectivity index is 1.57. The molecule has 3 N–H and O–H groups in total. The van der Waals surface area contributed by atoms with E-state index in [1.807, 2.05) is 39.0 Å². The molecule has 9 heteroatoms. The van der Waals surface area contributed by atoms with Gasteiger partial charge < -0.3 is 30.0 Å². The van der Waals surface area contributed by atoms with Crippen molar-refractivity contribution in [3.05, 3.63) is 87.9 Å². The van der Waals surface area contributed by atoms with Gasteiger partial charge in [0.15, 0.2) is 0 Å². The van der Waals surface area contributed by atoms with Crippen LogP contribution in [-0.2, 0) is 22.3 Å². The summed E-state index contributed by atoms with van der Waals surface area (Å²) in [7, 11) is 1.31. The molecule has 0 fully saturated rings. The minimum Gasteiger partial charge on any atom is -0.465 e. The number of nitrogens with zero attached hydrogens (tertiary/aromatic N) is 1. The first kappa shape index (κ1) is 29.2. The topological polar surface area (TPSA) is 111 Å². The maximum Gasteiger partial charge on any atom is 0.410 e. The van der Waals surface area contributed by atoms with Crippen LogP contribution in [0, 0.1) is 0 Å². The molecule has 1 aliphatic carbocycles. The van der Waals surface area contributed by atoms with Crippen LogP contribution in [0.5, 0.6) is 11.5 Å². The van der Waals surface area contributed by atoms with Gasteiger partial charge in [-0.2, -0.15) is 0 Å². The lowest BCUT2D eigenvalue weighted by Gasteiger charge is -2.37. The van der Waals surface area contributed by atoms with Crippen molar-refractivity contribution in [2.24, 2.45) is 0 Å². The van der Waals surface area contributed by atoms with E-state index in [9.17, 15) is 14.7 Å². The monoisotopic (exact) mass is 566 g/mol. The number of esters is 1. The van der Waals surface area contributed by atoms with Gasteiger partial charge in [-0.25, -0.2) is 9.59 Å². The number of fused-ring (bicyclic) bond motifs is 1. The van der Waals surface area contributed by atoms with Crippen molar-refractivity contribution in [2.75, 3.05) is 19.4 Å². The zero-order chi connectivity index (χ0) is 29.0. The SMILES string of the molecule is COC(=O)c1cc(N)cc(Oc2ccc3c(c2)C[C@@H](N(C[C@@H](O)c2cccc(Cl)c2)C(=O)OC(C)(C)C)CC3)c1. The van der Waals surface area contributed by atoms with Crippen molar-refractivity contribution in [1.29, 1.82) is 0 Å². The molecular formula is C31H35ClN2O6. The molecule has 0 radical (unpaired) electrons. The van der Waals surface area contributed by atoms with Gasteiger partial charge >= 0.3 is 12.1 Å². The van der Waals surface area contributed by atoms with Gasteiger partial charge in [0.05, 0.1) is 25.3 Å². The second-order valence-electron chi connectivity index (χ2n) is 10.9. The van der Waals surface area contributed by atoms with Crippen LogP contribution in [-0.4, -0.2) is 47.4 Å². The van der Waals surface area contributed by atoms with E-state index >= 15 is 0 Å². The van der Waals surface area contributed by atoms with E-state index in [0.29, 0.717) is 46.2 Å². The summed E-state index contributed by atoms with van der Waals surface area (Å²) in [5, 5.41) is 11.5. The van der Waals surface area contributed by atoms with Crippen LogP contribution < -0.4 is 10.5 Å². The number of methoxy groups -OCH3 is 1. The van der Waals surface area contributed by atoms with Gasteiger partial charge in [0, 0.05) is 22.8 Å². The maximum atomic E-state index is 13.3. The Hall–Kier alpha value is -3.75. The highest BCUT2D eigenvalue weighted by molar-refractivity contribution is 6.30. The molecule has 2 atom stereocenters. The average Bonchev–Trinajstić information content (AvgIpc) is 2.89. The molecule has 0 unspecified atom stereocenters. The van der Waals surface area contributed by atoms with Crippen LogP contribution in [0.3, 0.4) is 0 Å². The van der Waals surface area contributed by atoms with Gasteiger partial charge in [0.2, 0.25) is 0 Å². The minimum atomic E-state index is -0.935. The van der Waals surface area contributed by atoms with Crippen molar-refractivity contribution in [3.8, 4) is 11.5 Å². The molecule has 4 rings (SSSR count). The summed E-state index contributed by atoms with van der Waals surface area (Å²) < 4.78 is 16.6. The fourth-order valence-corrected chi connectivity index (χ4v) is 4.99. The first-order chi connectivity index (χ1) is 18.9. The molecule has 0 saturated heterocycles. The lowest BCUT2D eigenvalue weighted by molar-refractivity contribution is 0.00194. The van der Waals surface area contributed by atoms with E-state index in [1.165, 1.54) is 13.2 Å². The predicted octanol–water partition coefficient (Wildman–Crippen LogP) is 6.33. The number of anilines is 1. The molecule has 0 aliphatic heterocycles. The number of nitrogen functional groups attached to an aromatic ring is 1. The Morgan fingerprint density at radius 3 is 2.55 bits per heavy atom. The molecular weight excluding hydrogens is 532 g/mol. The third-order valence-corrected chi connectivity index (χ3v) is 6.87. The molecule has 0 heterocycles. The van der Waals surface area contributed by atoms with E-state index in [0.717, 1.165) is 17.5 Å². The number of carbonyl (C=O) groups excluding carboxylic acids is 2. The Labute approximate surface area is 239 Å². The molecule has 8 nitrogen and oxygen atoms in total. The van der Waals surface area contributed by atoms with Crippen LogP contribution in [0.1, 0.15) is 60.3 Å². The number of ether oxygens (including phenoxy) is 3. The van der Waals surface area contributed by atoms with E-state index in [-0.39, 0.29) is 12.6 Å². The summed E-state index contributed by atoms with van der Waals surface area (Å²) in [6.07, 6.45) is 0.599. The lowest BCUT2D eigenvalue weighted by atomic mass is 9.87. The molecule has 0 spiro atoms. The first-order valence-electron chi connectivity index (χ1n) is 13.1. The molecule has 40 heavy (non-hydrogen) atoms. The second-order valence-corrected chi connectivity index (χ2v) is 11.4. The molecule has 3 aromatic carbocycles. The Morgan fingerprint density at radius 2 is 1.85 bits per heavy atom. The van der Waals surface area contributed by atoms with Crippen LogP contribution in [0.25, 0.3) is 0 Å². The molecule has 1 aliphatic rings. The quantitative estimate of drug-likeness (QED) is 0.254. The van der Waals surface area contributed by atoms with E-state index < -0.39 is 23.8 Å². The summed E-state index contributed by atoms with van der Waals surface area (Å²) in [4.78, 5) is 27.0. The predicted molar refractivity (Wildman–Crippen MR) is 154 cm³/mol. The first-order valence-corrected chi connectivity index (χ1v) is 13.5. The van der Waals surface area contributed by atoms with Crippen LogP contribution >= 0.6 is 11.6 Å². The zero-order valence-electron chi connectivity index (χ0n) is 23.1. The number of amides is 1. The lowest BCUT2D eigenvalue weighted by Crippen LogP contribution is -2.47. The summed E-state index contributed by atoms with van der Waals surface area (Å²) in [5.74, 6) is 0.476. The number of aliphatic hydroxyl groups is 1. The van der Waals surface area contributed by atoms with Crippen molar-refractivity contribution in [1.82, 2.24) is 4.90 Å². The Bertz CT molecular complexity index is 1390. The van der Waals surface area contributed by atoms with Crippen molar-refractivity contribution < 1.29 is 28.9 Å².